The highest BCUT2D eigenvalue weighted by molar-refractivity contribution is 7.99. The molecule has 1 aliphatic heterocycles. The first-order chi connectivity index (χ1) is 8.61. The molecule has 0 radical (unpaired) electrons. The lowest BCUT2D eigenvalue weighted by Crippen LogP contribution is -2.44. The molecule has 1 saturated heterocycles. The minimum atomic E-state index is -0.265. The van der Waals surface area contributed by atoms with Gasteiger partial charge < -0.3 is 4.90 Å². The van der Waals surface area contributed by atoms with Crippen molar-refractivity contribution in [1.82, 2.24) is 10.2 Å². The molecule has 1 fully saturated rings. The number of amides is 1. The summed E-state index contributed by atoms with van der Waals surface area (Å²) in [5.74, 6) is 1.35. The zero-order valence-corrected chi connectivity index (χ0v) is 11.3. The molecule has 1 amide bonds. The second kappa shape index (κ2) is 5.71. The Morgan fingerprint density at radius 1 is 1.56 bits per heavy atom. The van der Waals surface area contributed by atoms with Crippen molar-refractivity contribution in [1.29, 1.82) is 0 Å². The van der Waals surface area contributed by atoms with E-state index in [1.54, 1.807) is 41.9 Å². The van der Waals surface area contributed by atoms with Gasteiger partial charge in [-0.2, -0.15) is 0 Å². The van der Waals surface area contributed by atoms with Crippen LogP contribution in [-0.4, -0.2) is 35.5 Å². The van der Waals surface area contributed by atoms with Crippen LogP contribution in [0.2, 0.25) is 0 Å². The van der Waals surface area contributed by atoms with Gasteiger partial charge in [-0.1, -0.05) is 18.2 Å². The number of carbonyl (C=O) groups is 1. The van der Waals surface area contributed by atoms with Crippen molar-refractivity contribution in [3.63, 3.8) is 0 Å². The van der Waals surface area contributed by atoms with Gasteiger partial charge in [0.05, 0.1) is 12.1 Å². The number of carbonyl (C=O) groups excluding carboxylic acids is 1. The average molecular weight is 268 g/mol. The summed E-state index contributed by atoms with van der Waals surface area (Å²) in [4.78, 5) is 13.8. The standard InChI is InChI=1S/C13H17FN2OS/c1-9(10-5-3-4-6-11(10)14)16(2)13(17)12-7-18-8-15-12/h3-6,9,12,15H,7-8H2,1-2H3. The van der Waals surface area contributed by atoms with E-state index in [0.29, 0.717) is 5.56 Å². The highest BCUT2D eigenvalue weighted by atomic mass is 32.2. The molecule has 1 heterocycles. The van der Waals surface area contributed by atoms with Crippen molar-refractivity contribution in [2.45, 2.75) is 19.0 Å². The summed E-state index contributed by atoms with van der Waals surface area (Å²) < 4.78 is 13.7. The molecular formula is C13H17FN2OS. The van der Waals surface area contributed by atoms with E-state index in [-0.39, 0.29) is 23.8 Å². The van der Waals surface area contributed by atoms with Crippen LogP contribution in [0.25, 0.3) is 0 Å². The first-order valence-electron chi connectivity index (χ1n) is 5.93. The number of rotatable bonds is 3. The quantitative estimate of drug-likeness (QED) is 0.910. The van der Waals surface area contributed by atoms with E-state index in [9.17, 15) is 9.18 Å². The Bertz CT molecular complexity index is 435. The number of halogens is 1. The lowest BCUT2D eigenvalue weighted by Gasteiger charge is -2.28. The summed E-state index contributed by atoms with van der Waals surface area (Å²) in [5.41, 5.74) is 0.555. The molecule has 2 atom stereocenters. The van der Waals surface area contributed by atoms with Gasteiger partial charge in [-0.3, -0.25) is 10.1 Å². The summed E-state index contributed by atoms with van der Waals surface area (Å²) in [6, 6.07) is 6.19. The minimum absolute atomic E-state index is 0.0238. The normalized spacial score (nSPS) is 20.7. The number of thioether (sulfide) groups is 1. The van der Waals surface area contributed by atoms with Crippen molar-refractivity contribution in [2.75, 3.05) is 18.7 Å². The van der Waals surface area contributed by atoms with Gasteiger partial charge in [-0.25, -0.2) is 4.39 Å². The molecule has 1 N–H and O–H groups in total. The zero-order chi connectivity index (χ0) is 13.1. The second-order valence-electron chi connectivity index (χ2n) is 4.42. The number of nitrogens with one attached hydrogen (secondary N) is 1. The summed E-state index contributed by atoms with van der Waals surface area (Å²) >= 11 is 1.71. The van der Waals surface area contributed by atoms with Gasteiger partial charge in [0.25, 0.3) is 0 Å². The summed E-state index contributed by atoms with van der Waals surface area (Å²) in [6.07, 6.45) is 0. The van der Waals surface area contributed by atoms with Gasteiger partial charge >= 0.3 is 0 Å². The van der Waals surface area contributed by atoms with E-state index in [1.807, 2.05) is 6.92 Å². The highest BCUT2D eigenvalue weighted by Gasteiger charge is 2.28. The lowest BCUT2D eigenvalue weighted by atomic mass is 10.1. The molecule has 0 aromatic heterocycles. The smallest absolute Gasteiger partial charge is 0.240 e. The molecule has 1 aliphatic rings. The number of hydrogen-bond acceptors (Lipinski definition) is 3. The van der Waals surface area contributed by atoms with Crippen molar-refractivity contribution in [3.8, 4) is 0 Å². The zero-order valence-electron chi connectivity index (χ0n) is 10.5. The first kappa shape index (κ1) is 13.4. The van der Waals surface area contributed by atoms with Crippen LogP contribution in [0.15, 0.2) is 24.3 Å². The van der Waals surface area contributed by atoms with Crippen molar-refractivity contribution >= 4 is 17.7 Å². The van der Waals surface area contributed by atoms with E-state index in [4.69, 9.17) is 0 Å². The van der Waals surface area contributed by atoms with Crippen LogP contribution in [0.1, 0.15) is 18.5 Å². The minimum Gasteiger partial charge on any atom is -0.338 e. The van der Waals surface area contributed by atoms with Crippen LogP contribution >= 0.6 is 11.8 Å². The van der Waals surface area contributed by atoms with Crippen molar-refractivity contribution in [2.24, 2.45) is 0 Å². The van der Waals surface area contributed by atoms with Crippen LogP contribution in [0.4, 0.5) is 4.39 Å². The fourth-order valence-corrected chi connectivity index (χ4v) is 2.95. The van der Waals surface area contributed by atoms with Gasteiger partial charge in [0.2, 0.25) is 5.91 Å². The molecule has 1 aromatic rings. The molecule has 2 rings (SSSR count). The van der Waals surface area contributed by atoms with Crippen LogP contribution in [0.3, 0.4) is 0 Å². The van der Waals surface area contributed by atoms with E-state index in [2.05, 4.69) is 5.32 Å². The summed E-state index contributed by atoms with van der Waals surface area (Å²) in [6.45, 7) is 1.85. The van der Waals surface area contributed by atoms with Crippen LogP contribution < -0.4 is 5.32 Å². The fraction of sp³-hybridized carbons (Fsp3) is 0.462. The molecule has 1 aromatic carbocycles. The topological polar surface area (TPSA) is 32.3 Å². The predicted molar refractivity (Wildman–Crippen MR) is 71.8 cm³/mol. The fourth-order valence-electron chi connectivity index (χ4n) is 2.01. The Kier molecular flexibility index (Phi) is 4.24. The maximum absolute atomic E-state index is 13.7. The van der Waals surface area contributed by atoms with E-state index in [1.165, 1.54) is 6.07 Å². The van der Waals surface area contributed by atoms with Gasteiger partial charge in [0, 0.05) is 24.2 Å². The van der Waals surface area contributed by atoms with Gasteiger partial charge in [0.15, 0.2) is 0 Å². The Labute approximate surface area is 111 Å². The molecule has 18 heavy (non-hydrogen) atoms. The summed E-state index contributed by atoms with van der Waals surface area (Å²) in [7, 11) is 1.73. The largest absolute Gasteiger partial charge is 0.338 e. The third kappa shape index (κ3) is 2.67. The molecule has 0 spiro atoms. The Hall–Kier alpha value is -1.07. The Morgan fingerprint density at radius 2 is 2.28 bits per heavy atom. The molecule has 5 heteroatoms. The predicted octanol–water partition coefficient (Wildman–Crippen LogP) is 2.01. The summed E-state index contributed by atoms with van der Waals surface area (Å²) in [5, 5.41) is 3.14. The van der Waals surface area contributed by atoms with E-state index in [0.717, 1.165) is 11.6 Å². The van der Waals surface area contributed by atoms with Crippen molar-refractivity contribution in [3.05, 3.63) is 35.6 Å². The maximum atomic E-state index is 13.7. The van der Waals surface area contributed by atoms with Crippen LogP contribution in [0.5, 0.6) is 0 Å². The van der Waals surface area contributed by atoms with Gasteiger partial charge in [-0.15, -0.1) is 11.8 Å². The third-order valence-corrected chi connectivity index (χ3v) is 4.24. The molecule has 3 nitrogen and oxygen atoms in total. The van der Waals surface area contributed by atoms with Crippen LogP contribution in [0, 0.1) is 5.82 Å². The number of likely N-dealkylation sites (N-methyl/N-ethyl adjacent to an activating group) is 1. The molecule has 2 unspecified atom stereocenters. The second-order valence-corrected chi connectivity index (χ2v) is 5.45. The Balaban J connectivity index is 2.10. The lowest BCUT2D eigenvalue weighted by molar-refractivity contribution is -0.133. The van der Waals surface area contributed by atoms with Crippen molar-refractivity contribution < 1.29 is 9.18 Å². The highest BCUT2D eigenvalue weighted by Crippen LogP contribution is 2.23. The SMILES string of the molecule is CC(c1ccccc1F)N(C)C(=O)C1CSCN1. The molecule has 0 bridgehead atoms. The van der Waals surface area contributed by atoms with E-state index < -0.39 is 0 Å². The molecule has 98 valence electrons. The molecular weight excluding hydrogens is 251 g/mol. The average Bonchev–Trinajstić information content (AvgIpc) is 2.90. The third-order valence-electron chi connectivity index (χ3n) is 3.30. The maximum Gasteiger partial charge on any atom is 0.240 e. The van der Waals surface area contributed by atoms with E-state index >= 15 is 0 Å². The number of nitrogens with zero attached hydrogens (tertiary/aromatic N) is 1. The van der Waals surface area contributed by atoms with Crippen LogP contribution in [-0.2, 0) is 4.79 Å². The molecule has 0 aliphatic carbocycles. The monoisotopic (exact) mass is 268 g/mol. The molecule has 0 saturated carbocycles. The van der Waals surface area contributed by atoms with Gasteiger partial charge in [0.1, 0.15) is 5.82 Å². The van der Waals surface area contributed by atoms with Gasteiger partial charge in [-0.05, 0) is 13.0 Å². The number of benzene rings is 1. The first-order valence-corrected chi connectivity index (χ1v) is 7.09. The Morgan fingerprint density at radius 3 is 2.89 bits per heavy atom. The number of hydrogen-bond donors (Lipinski definition) is 1.